The van der Waals surface area contributed by atoms with Crippen molar-refractivity contribution in [3.63, 3.8) is 0 Å². The Morgan fingerprint density at radius 3 is 2.58 bits per heavy atom. The Bertz CT molecular complexity index is 411. The van der Waals surface area contributed by atoms with E-state index in [1.54, 1.807) is 0 Å². The lowest BCUT2D eigenvalue weighted by molar-refractivity contribution is -0.122. The molecule has 0 aliphatic rings. The van der Waals surface area contributed by atoms with Gasteiger partial charge in [-0.1, -0.05) is 43.7 Å². The Kier molecular flexibility index (Phi) is 6.03. The van der Waals surface area contributed by atoms with Gasteiger partial charge in [-0.05, 0) is 31.7 Å². The number of carbonyl (C=O) groups excluding carboxylic acids is 1. The molecular weight excluding hydrogens is 238 g/mol. The van der Waals surface area contributed by atoms with Gasteiger partial charge < -0.3 is 10.4 Å². The number of rotatable bonds is 7. The molecule has 3 nitrogen and oxygen atoms in total. The molecule has 0 aromatic heterocycles. The van der Waals surface area contributed by atoms with Gasteiger partial charge in [0.05, 0.1) is 5.60 Å². The highest BCUT2D eigenvalue weighted by molar-refractivity contribution is 5.76. The van der Waals surface area contributed by atoms with Crippen molar-refractivity contribution in [1.29, 1.82) is 0 Å². The molecule has 0 bridgehead atoms. The minimum Gasteiger partial charge on any atom is -0.388 e. The van der Waals surface area contributed by atoms with Crippen LogP contribution in [0.15, 0.2) is 24.3 Å². The van der Waals surface area contributed by atoms with Crippen LogP contribution in [0.5, 0.6) is 0 Å². The summed E-state index contributed by atoms with van der Waals surface area (Å²) >= 11 is 0. The largest absolute Gasteiger partial charge is 0.388 e. The van der Waals surface area contributed by atoms with Gasteiger partial charge in [0.1, 0.15) is 0 Å². The fourth-order valence-electron chi connectivity index (χ4n) is 1.98. The number of amides is 1. The summed E-state index contributed by atoms with van der Waals surface area (Å²) in [5.74, 6) is 0.00170. The monoisotopic (exact) mass is 263 g/mol. The number of hydrogen-bond donors (Lipinski definition) is 2. The molecular formula is C16H25NO2. The first-order valence-electron chi connectivity index (χ1n) is 7.03. The molecule has 0 fully saturated rings. The van der Waals surface area contributed by atoms with Crippen LogP contribution >= 0.6 is 0 Å². The minimum atomic E-state index is -0.765. The lowest BCUT2D eigenvalue weighted by atomic mass is 9.97. The van der Waals surface area contributed by atoms with E-state index in [4.69, 9.17) is 0 Å². The van der Waals surface area contributed by atoms with E-state index in [9.17, 15) is 9.90 Å². The normalized spacial score (nSPS) is 11.4. The van der Waals surface area contributed by atoms with Crippen molar-refractivity contribution >= 4 is 5.91 Å². The molecule has 0 unspecified atom stereocenters. The summed E-state index contributed by atoms with van der Waals surface area (Å²) in [5.41, 5.74) is 1.62. The first kappa shape index (κ1) is 15.7. The molecule has 0 aliphatic carbocycles. The van der Waals surface area contributed by atoms with Crippen LogP contribution in [0, 0.1) is 6.92 Å². The minimum absolute atomic E-state index is 0.00170. The van der Waals surface area contributed by atoms with Crippen LogP contribution in [0.4, 0.5) is 0 Å². The van der Waals surface area contributed by atoms with Crippen molar-refractivity contribution in [1.82, 2.24) is 5.32 Å². The van der Waals surface area contributed by atoms with E-state index in [-0.39, 0.29) is 5.91 Å². The molecule has 0 heterocycles. The van der Waals surface area contributed by atoms with E-state index in [2.05, 4.69) is 11.4 Å². The predicted molar refractivity (Wildman–Crippen MR) is 78.0 cm³/mol. The Labute approximate surface area is 116 Å². The van der Waals surface area contributed by atoms with Crippen molar-refractivity contribution in [3.05, 3.63) is 35.4 Å². The fraction of sp³-hybridized carbons (Fsp3) is 0.562. The van der Waals surface area contributed by atoms with Crippen LogP contribution in [0.25, 0.3) is 0 Å². The molecule has 0 saturated heterocycles. The second kappa shape index (κ2) is 7.29. The summed E-state index contributed by atoms with van der Waals surface area (Å²) in [6, 6.07) is 8.19. The Morgan fingerprint density at radius 2 is 2.00 bits per heavy atom. The fourth-order valence-corrected chi connectivity index (χ4v) is 1.98. The number of nitrogens with one attached hydrogen (secondary N) is 1. The van der Waals surface area contributed by atoms with Crippen LogP contribution in [0.3, 0.4) is 0 Å². The molecule has 0 atom stereocenters. The number of aryl methyl sites for hydroxylation is 2. The summed E-state index contributed by atoms with van der Waals surface area (Å²) in [7, 11) is 0. The Balaban J connectivity index is 2.36. The van der Waals surface area contributed by atoms with E-state index < -0.39 is 5.60 Å². The third kappa shape index (κ3) is 5.43. The maximum atomic E-state index is 11.8. The third-order valence-corrected chi connectivity index (χ3v) is 3.65. The lowest BCUT2D eigenvalue weighted by Gasteiger charge is -2.25. The van der Waals surface area contributed by atoms with Crippen molar-refractivity contribution in [2.45, 2.75) is 52.1 Å². The maximum absolute atomic E-state index is 11.8. The van der Waals surface area contributed by atoms with Crippen LogP contribution < -0.4 is 5.32 Å². The Hall–Kier alpha value is -1.35. The summed E-state index contributed by atoms with van der Waals surface area (Å²) in [6.07, 6.45) is 2.51. The van der Waals surface area contributed by atoms with Gasteiger partial charge in [-0.15, -0.1) is 0 Å². The molecule has 2 N–H and O–H groups in total. The molecule has 1 aromatic rings. The lowest BCUT2D eigenvalue weighted by Crippen LogP contribution is -2.42. The summed E-state index contributed by atoms with van der Waals surface area (Å²) < 4.78 is 0. The van der Waals surface area contributed by atoms with E-state index in [1.807, 2.05) is 39.0 Å². The average molecular weight is 263 g/mol. The third-order valence-electron chi connectivity index (χ3n) is 3.65. The van der Waals surface area contributed by atoms with Gasteiger partial charge in [0.15, 0.2) is 0 Å². The molecule has 19 heavy (non-hydrogen) atoms. The average Bonchev–Trinajstić information content (AvgIpc) is 2.42. The zero-order valence-corrected chi connectivity index (χ0v) is 12.2. The van der Waals surface area contributed by atoms with Crippen molar-refractivity contribution in [2.75, 3.05) is 6.54 Å². The van der Waals surface area contributed by atoms with Crippen molar-refractivity contribution in [2.24, 2.45) is 0 Å². The van der Waals surface area contributed by atoms with Gasteiger partial charge in [0.25, 0.3) is 0 Å². The van der Waals surface area contributed by atoms with Gasteiger partial charge in [-0.3, -0.25) is 4.79 Å². The molecule has 0 spiro atoms. The highest BCUT2D eigenvalue weighted by atomic mass is 16.3. The highest BCUT2D eigenvalue weighted by Gasteiger charge is 2.22. The van der Waals surface area contributed by atoms with Crippen LogP contribution in [-0.4, -0.2) is 23.2 Å². The summed E-state index contributed by atoms with van der Waals surface area (Å²) in [4.78, 5) is 11.8. The first-order chi connectivity index (χ1) is 8.99. The van der Waals surface area contributed by atoms with E-state index in [0.717, 1.165) is 6.42 Å². The molecule has 1 aromatic carbocycles. The standard InChI is InChI=1S/C16H25NO2/c1-4-16(19,5-2)12-17-15(18)10-9-14-8-6-7-13(3)11-14/h6-8,11,19H,4-5,9-10,12H2,1-3H3,(H,17,18). The van der Waals surface area contributed by atoms with Gasteiger partial charge in [0, 0.05) is 13.0 Å². The number of aliphatic hydroxyl groups is 1. The SMILES string of the molecule is CCC(O)(CC)CNC(=O)CCc1cccc(C)c1. The van der Waals surface area contributed by atoms with Crippen molar-refractivity contribution < 1.29 is 9.90 Å². The molecule has 3 heteroatoms. The van der Waals surface area contributed by atoms with Crippen molar-refractivity contribution in [3.8, 4) is 0 Å². The molecule has 0 aliphatic heterocycles. The molecule has 0 radical (unpaired) electrons. The summed E-state index contributed by atoms with van der Waals surface area (Å²) in [6.45, 7) is 6.25. The van der Waals surface area contributed by atoms with Crippen LogP contribution in [-0.2, 0) is 11.2 Å². The predicted octanol–water partition coefficient (Wildman–Crippen LogP) is 2.59. The quantitative estimate of drug-likeness (QED) is 0.794. The first-order valence-corrected chi connectivity index (χ1v) is 7.03. The van der Waals surface area contributed by atoms with E-state index in [0.29, 0.717) is 25.8 Å². The van der Waals surface area contributed by atoms with Gasteiger partial charge in [0.2, 0.25) is 5.91 Å². The number of benzene rings is 1. The van der Waals surface area contributed by atoms with E-state index >= 15 is 0 Å². The number of hydrogen-bond acceptors (Lipinski definition) is 2. The zero-order chi connectivity index (χ0) is 14.3. The number of carbonyl (C=O) groups is 1. The smallest absolute Gasteiger partial charge is 0.220 e. The molecule has 0 saturated carbocycles. The van der Waals surface area contributed by atoms with Gasteiger partial charge in [-0.25, -0.2) is 0 Å². The highest BCUT2D eigenvalue weighted by Crippen LogP contribution is 2.13. The second-order valence-corrected chi connectivity index (χ2v) is 5.20. The second-order valence-electron chi connectivity index (χ2n) is 5.20. The van der Waals surface area contributed by atoms with Crippen LogP contribution in [0.1, 0.15) is 44.2 Å². The Morgan fingerprint density at radius 1 is 1.32 bits per heavy atom. The molecule has 1 amide bonds. The molecule has 106 valence electrons. The zero-order valence-electron chi connectivity index (χ0n) is 12.2. The summed E-state index contributed by atoms with van der Waals surface area (Å²) in [5, 5.41) is 12.9. The van der Waals surface area contributed by atoms with E-state index in [1.165, 1.54) is 11.1 Å². The van der Waals surface area contributed by atoms with Gasteiger partial charge in [-0.2, -0.15) is 0 Å². The molecule has 1 rings (SSSR count). The van der Waals surface area contributed by atoms with Gasteiger partial charge >= 0.3 is 0 Å². The van der Waals surface area contributed by atoms with Crippen LogP contribution in [0.2, 0.25) is 0 Å². The maximum Gasteiger partial charge on any atom is 0.220 e. The topological polar surface area (TPSA) is 49.3 Å².